The highest BCUT2D eigenvalue weighted by Crippen LogP contribution is 2.52. The van der Waals surface area contributed by atoms with Gasteiger partial charge in [0, 0.05) is 58.8 Å². The van der Waals surface area contributed by atoms with Crippen LogP contribution in [0.4, 0.5) is 50.9 Å². The number of esters is 2. The Hall–Kier alpha value is -8.68. The molecule has 42 heteroatoms. The Morgan fingerprint density at radius 1 is 0.517 bits per heavy atom. The van der Waals surface area contributed by atoms with Crippen LogP contribution in [0.2, 0.25) is 0 Å². The van der Waals surface area contributed by atoms with Gasteiger partial charge in [-0.2, -0.15) is 39.5 Å². The quantitative estimate of drug-likeness (QED) is 0.00713. The maximum absolute atomic E-state index is 12.7. The summed E-state index contributed by atoms with van der Waals surface area (Å²) in [6.07, 6.45) is -4.69. The van der Waals surface area contributed by atoms with Crippen molar-refractivity contribution in [3.63, 3.8) is 0 Å². The highest BCUT2D eigenvalue weighted by atomic mass is 79.9. The van der Waals surface area contributed by atoms with Gasteiger partial charge in [0.05, 0.1) is 47.7 Å². The van der Waals surface area contributed by atoms with Crippen LogP contribution in [0, 0.1) is 0 Å². The van der Waals surface area contributed by atoms with Crippen LogP contribution in [-0.2, 0) is 114 Å². The number of sulfone groups is 5. The van der Waals surface area contributed by atoms with E-state index in [1.807, 2.05) is 11.5 Å². The van der Waals surface area contributed by atoms with E-state index in [1.165, 1.54) is 36.4 Å². The third-order valence-corrected chi connectivity index (χ3v) is 28.4. The summed E-state index contributed by atoms with van der Waals surface area (Å²) in [7, 11) is -16.8. The molecule has 0 atom stereocenters. The number of alkyl halides is 11. The molecule has 26 nitrogen and oxygen atoms in total. The van der Waals surface area contributed by atoms with Gasteiger partial charge in [-0.25, -0.2) is 47.9 Å². The van der Waals surface area contributed by atoms with Gasteiger partial charge < -0.3 is 29.6 Å². The molecule has 7 aromatic rings. The molecule has 0 saturated heterocycles. The predicted molar refractivity (Wildman–Crippen MR) is 419 cm³/mol. The first-order valence-electron chi connectivity index (χ1n) is 34.5. The number of benzene rings is 6. The molecule has 0 unspecified atom stereocenters. The molecular formula is C74H83Br2F9N6O20S5. The zero-order chi connectivity index (χ0) is 87.5. The van der Waals surface area contributed by atoms with E-state index in [0.717, 1.165) is 83.9 Å². The minimum atomic E-state index is -4.42. The summed E-state index contributed by atoms with van der Waals surface area (Å²) < 4.78 is 236. The van der Waals surface area contributed by atoms with E-state index in [9.17, 15) is 110 Å². The number of Topliss-reactive ketones (excluding diaryl/α,β-unsaturated/α-hetero) is 1. The average molecular weight is 1870 g/mol. The van der Waals surface area contributed by atoms with Crippen molar-refractivity contribution >= 4 is 128 Å². The van der Waals surface area contributed by atoms with Crippen LogP contribution in [0.3, 0.4) is 0 Å². The molecule has 6 aromatic carbocycles. The maximum Gasteiger partial charge on any atom is 0.416 e. The molecule has 4 saturated carbocycles. The lowest BCUT2D eigenvalue weighted by molar-refractivity contribution is -0.143. The van der Waals surface area contributed by atoms with Crippen molar-refractivity contribution in [2.75, 3.05) is 72.8 Å². The molecule has 4 aliphatic rings. The summed E-state index contributed by atoms with van der Waals surface area (Å²) in [6, 6.07) is 34.5. The lowest BCUT2D eigenvalue weighted by Gasteiger charge is -2.14. The molecule has 6 N–H and O–H groups in total. The number of carboxylic acid groups (broad SMARTS) is 1. The van der Waals surface area contributed by atoms with Crippen LogP contribution in [0.15, 0.2) is 150 Å². The van der Waals surface area contributed by atoms with Gasteiger partial charge in [-0.05, 0) is 167 Å². The van der Waals surface area contributed by atoms with Crippen LogP contribution < -0.4 is 21.9 Å². The van der Waals surface area contributed by atoms with Crippen molar-refractivity contribution in [1.29, 1.82) is 0 Å². The number of aliphatic carboxylic acids is 1. The fourth-order valence-corrected chi connectivity index (χ4v) is 16.1. The van der Waals surface area contributed by atoms with E-state index >= 15 is 0 Å². The first kappa shape index (κ1) is 97.9. The van der Waals surface area contributed by atoms with E-state index in [0.29, 0.717) is 76.9 Å². The monoisotopic (exact) mass is 1860 g/mol. The van der Waals surface area contributed by atoms with E-state index < -0.39 is 145 Å². The number of nitrogens with one attached hydrogen (secondary N) is 3. The lowest BCUT2D eigenvalue weighted by atomic mass is 9.96. The lowest BCUT2D eigenvalue weighted by Crippen LogP contribution is -2.43. The molecule has 0 radical (unpaired) electrons. The van der Waals surface area contributed by atoms with Gasteiger partial charge >= 0.3 is 36.4 Å². The van der Waals surface area contributed by atoms with Crippen LogP contribution in [0.25, 0.3) is 11.5 Å². The van der Waals surface area contributed by atoms with Gasteiger partial charge in [0.25, 0.3) is 5.91 Å². The number of para-hydroxylation sites is 1. The minimum Gasteiger partial charge on any atom is -0.480 e. The zero-order valence-electron chi connectivity index (χ0n) is 63.0. The SMILES string of the molecule is BrCCBr.CCOC(=O)C1(S(C)(=O)=O)CC1.CCOC(=O)CS(C)(=O)=O.CS(=O)(=O)C1(C(=O)NCC(=O)c2ccccc2Cc2ccc(C(F)(F)F)cc2)CC1.CS(=O)(=O)C1(C(=O)O)CC1.CS(=O)(=O)C1(c2nnc(-c3ccccc3Cc3ccc(C(F)(F)F)cc3)o2)CC1.NNC(=O)c1ccccc1Nc1ccc(C(F)(F)F)cc1. The van der Waals surface area contributed by atoms with E-state index in [-0.39, 0.29) is 63.6 Å². The van der Waals surface area contributed by atoms with Crippen molar-refractivity contribution in [3.8, 4) is 11.5 Å². The van der Waals surface area contributed by atoms with Gasteiger partial charge in [-0.15, -0.1) is 10.2 Å². The number of ketones is 1. The number of carbonyl (C=O) groups excluding carboxylic acids is 5. The number of nitrogen functional groups attached to an aromatic ring is 1. The molecule has 0 spiro atoms. The Kier molecular flexibility index (Phi) is 33.9. The van der Waals surface area contributed by atoms with E-state index in [2.05, 4.69) is 62.2 Å². The topological polar surface area (TPSA) is 413 Å². The largest absolute Gasteiger partial charge is 0.480 e. The van der Waals surface area contributed by atoms with E-state index in [4.69, 9.17) is 15.4 Å². The number of carboxylic acids is 1. The molecule has 11 rings (SSSR count). The number of halogens is 11. The summed E-state index contributed by atoms with van der Waals surface area (Å²) in [6.45, 7) is 3.38. The average Bonchev–Trinajstić information content (AvgIpc) is 1.58. The number of anilines is 2. The first-order valence-corrected chi connectivity index (χ1v) is 46.4. The molecule has 2 amide bonds. The number of rotatable bonds is 24. The summed E-state index contributed by atoms with van der Waals surface area (Å²) in [4.78, 5) is 68.5. The standard InChI is InChI=1S/C21H20F3NO4S.C20H17F3N2O3S.C14H12F3N3O.C7H12O4S.C5H8O4S.C5H10O4S.C2H4Br2/c1-30(28,29)20(10-11-20)19(27)25-13-18(26)17-5-3-2-4-15(17)12-14-6-8-16(9-7-14)21(22,23)24;1-29(26,27)19(10-11-19)18-25-24-17(28-18)16-5-3-2-4-14(16)12-13-6-8-15(9-7-13)20(21,22)23;15-14(16,17)9-5-7-10(8-6-9)19-12-4-2-1-3-11(12)13(21)20-18;1-3-11-6(8)7(4-5-7)12(2,9)10;1-10(8,9)5(2-3-5)4(6)7;1-3-9-5(6)4-10(2,7)8;3-1-2-4/h2-9H,10-13H2,1H3,(H,25,27);2-9H,10-12H2,1H3;1-8,19H,18H2,(H,20,21);3-5H2,1-2H3;2-3H2,1H3,(H,6,7);3-4H2,1-2H3;1-2H2. The van der Waals surface area contributed by atoms with Crippen molar-refractivity contribution in [2.45, 2.75) is 116 Å². The summed E-state index contributed by atoms with van der Waals surface area (Å²) in [5, 5.41) is 23.8. The van der Waals surface area contributed by atoms with Crippen molar-refractivity contribution < 1.29 is 129 Å². The molecule has 1 heterocycles. The summed E-state index contributed by atoms with van der Waals surface area (Å²) >= 11 is 6.40. The van der Waals surface area contributed by atoms with Crippen molar-refractivity contribution in [1.82, 2.24) is 20.9 Å². The second kappa shape index (κ2) is 40.2. The number of hydrogen-bond donors (Lipinski definition) is 5. The molecule has 4 aliphatic carbocycles. The van der Waals surface area contributed by atoms with Crippen molar-refractivity contribution in [2.24, 2.45) is 5.84 Å². The van der Waals surface area contributed by atoms with Gasteiger partial charge in [0.1, 0.15) is 10.5 Å². The Balaban J connectivity index is 0.000000259. The summed E-state index contributed by atoms with van der Waals surface area (Å²) in [5.41, 5.74) is 4.60. The third-order valence-electron chi connectivity index (χ3n) is 17.8. The van der Waals surface area contributed by atoms with Crippen LogP contribution >= 0.6 is 31.9 Å². The number of amides is 2. The minimum absolute atomic E-state index is 0.0827. The van der Waals surface area contributed by atoms with Crippen LogP contribution in [-0.4, -0.2) is 175 Å². The first-order chi connectivity index (χ1) is 53.7. The molecule has 4 fully saturated rings. The number of aromatic nitrogens is 2. The molecule has 636 valence electrons. The van der Waals surface area contributed by atoms with Crippen LogP contribution in [0.1, 0.15) is 131 Å². The Morgan fingerprint density at radius 2 is 0.931 bits per heavy atom. The number of ether oxygens (including phenoxy) is 2. The normalized spacial score (nSPS) is 15.2. The third kappa shape index (κ3) is 27.5. The maximum atomic E-state index is 12.7. The van der Waals surface area contributed by atoms with Gasteiger partial charge in [0.2, 0.25) is 17.7 Å². The summed E-state index contributed by atoms with van der Waals surface area (Å²) in [5.74, 6) is 0.752. The van der Waals surface area contributed by atoms with Gasteiger partial charge in [-0.3, -0.25) is 34.2 Å². The molecule has 116 heavy (non-hydrogen) atoms. The van der Waals surface area contributed by atoms with Crippen LogP contribution in [0.5, 0.6) is 0 Å². The second-order valence-corrected chi connectivity index (χ2v) is 39.7. The Morgan fingerprint density at radius 3 is 1.31 bits per heavy atom. The number of nitrogens with zero attached hydrogens (tertiary/aromatic N) is 2. The second-order valence-electron chi connectivity index (χ2n) is 26.6. The fourth-order valence-electron chi connectivity index (χ4n) is 10.7. The zero-order valence-corrected chi connectivity index (χ0v) is 70.3. The van der Waals surface area contributed by atoms with Gasteiger partial charge in [0.15, 0.2) is 69.2 Å². The highest BCUT2D eigenvalue weighted by molar-refractivity contribution is 9.11. The highest BCUT2D eigenvalue weighted by Gasteiger charge is 2.62. The Labute approximate surface area is 680 Å². The predicted octanol–water partition coefficient (Wildman–Crippen LogP) is 11.7. The van der Waals surface area contributed by atoms with Gasteiger partial charge in [-0.1, -0.05) is 111 Å². The molecule has 0 bridgehead atoms. The number of hydrogen-bond acceptors (Lipinski definition) is 23. The van der Waals surface area contributed by atoms with Crippen molar-refractivity contribution in [3.05, 3.63) is 202 Å². The van der Waals surface area contributed by atoms with E-state index in [1.54, 1.807) is 80.6 Å². The number of hydrazine groups is 1. The number of nitrogens with two attached hydrogens (primary N) is 1. The smallest absolute Gasteiger partial charge is 0.416 e. The number of carbonyl (C=O) groups is 6. The molecule has 0 aliphatic heterocycles. The molecule has 1 aromatic heterocycles. The molecular weight excluding hydrogens is 1780 g/mol. The Bertz CT molecular complexity index is 5220. The fraction of sp³-hybridized carbons (Fsp3) is 0.405.